The van der Waals surface area contributed by atoms with Crippen LogP contribution >= 0.6 is 23.2 Å². The molecular weight excluding hydrogens is 375 g/mol. The van der Waals surface area contributed by atoms with E-state index in [0.717, 1.165) is 5.56 Å². The Kier molecular flexibility index (Phi) is 5.39. The molecule has 2 amide bonds. The van der Waals surface area contributed by atoms with Gasteiger partial charge in [-0.2, -0.15) is 0 Å². The summed E-state index contributed by atoms with van der Waals surface area (Å²) in [5, 5.41) is 3.40. The Morgan fingerprint density at radius 2 is 2.04 bits per heavy atom. The Balaban J connectivity index is 1.78. The number of carbonyl (C=O) groups excluding carboxylic acids is 2. The van der Waals surface area contributed by atoms with E-state index in [-0.39, 0.29) is 29.8 Å². The van der Waals surface area contributed by atoms with E-state index in [1.54, 1.807) is 30.2 Å². The molecule has 1 N–H and O–H groups in total. The van der Waals surface area contributed by atoms with Crippen molar-refractivity contribution in [3.63, 3.8) is 0 Å². The molecule has 0 saturated carbocycles. The van der Waals surface area contributed by atoms with Gasteiger partial charge in [-0.15, -0.1) is 0 Å². The second kappa shape index (κ2) is 7.56. The number of benzene rings is 2. The molecule has 1 aliphatic heterocycles. The lowest BCUT2D eigenvalue weighted by Crippen LogP contribution is -2.28. The summed E-state index contributed by atoms with van der Waals surface area (Å²) in [5.41, 5.74) is 2.11. The van der Waals surface area contributed by atoms with Gasteiger partial charge in [-0.05, 0) is 36.8 Å². The standard InChI is InChI=1S/C19H18Cl2N2O3/c1-11-6-7-16(26-2)15(8-11)23-10-12(9-17(23)24)19(25)22-14-5-3-4-13(20)18(14)21/h3-8,12H,9-10H2,1-2H3,(H,22,25). The van der Waals surface area contributed by atoms with Crippen LogP contribution in [0.15, 0.2) is 36.4 Å². The van der Waals surface area contributed by atoms with Crippen LogP contribution in [0.4, 0.5) is 11.4 Å². The molecule has 1 aliphatic rings. The molecule has 0 spiro atoms. The predicted octanol–water partition coefficient (Wildman–Crippen LogP) is 4.30. The van der Waals surface area contributed by atoms with Crippen LogP contribution in [0.3, 0.4) is 0 Å². The molecule has 1 saturated heterocycles. The molecule has 0 radical (unpaired) electrons. The fraction of sp³-hybridized carbons (Fsp3) is 0.263. The van der Waals surface area contributed by atoms with Gasteiger partial charge >= 0.3 is 0 Å². The number of rotatable bonds is 4. The Morgan fingerprint density at radius 1 is 1.27 bits per heavy atom. The van der Waals surface area contributed by atoms with Crippen LogP contribution in [0, 0.1) is 12.8 Å². The van der Waals surface area contributed by atoms with Gasteiger partial charge in [0.05, 0.1) is 34.4 Å². The van der Waals surface area contributed by atoms with Crippen molar-refractivity contribution in [3.8, 4) is 5.75 Å². The largest absolute Gasteiger partial charge is 0.495 e. The van der Waals surface area contributed by atoms with Crippen LogP contribution < -0.4 is 15.0 Å². The maximum atomic E-state index is 12.6. The quantitative estimate of drug-likeness (QED) is 0.843. The molecule has 0 aromatic heterocycles. The minimum atomic E-state index is -0.484. The summed E-state index contributed by atoms with van der Waals surface area (Å²) < 4.78 is 5.35. The van der Waals surface area contributed by atoms with Gasteiger partial charge in [0.2, 0.25) is 11.8 Å². The van der Waals surface area contributed by atoms with Crippen molar-refractivity contribution in [1.29, 1.82) is 0 Å². The lowest BCUT2D eigenvalue weighted by molar-refractivity contribution is -0.122. The van der Waals surface area contributed by atoms with E-state index in [4.69, 9.17) is 27.9 Å². The van der Waals surface area contributed by atoms with Gasteiger partial charge in [0.15, 0.2) is 0 Å². The topological polar surface area (TPSA) is 58.6 Å². The Hall–Kier alpha value is -2.24. The molecule has 1 fully saturated rings. The van der Waals surface area contributed by atoms with E-state index in [1.807, 2.05) is 25.1 Å². The molecule has 136 valence electrons. The first-order chi connectivity index (χ1) is 12.4. The number of methoxy groups -OCH3 is 1. The van der Waals surface area contributed by atoms with Crippen molar-refractivity contribution < 1.29 is 14.3 Å². The van der Waals surface area contributed by atoms with Gasteiger partial charge in [0.1, 0.15) is 5.75 Å². The first-order valence-corrected chi connectivity index (χ1v) is 8.86. The zero-order chi connectivity index (χ0) is 18.8. The summed E-state index contributed by atoms with van der Waals surface area (Å²) >= 11 is 12.1. The van der Waals surface area contributed by atoms with Crippen LogP contribution in [-0.2, 0) is 9.59 Å². The predicted molar refractivity (Wildman–Crippen MR) is 103 cm³/mol. The van der Waals surface area contributed by atoms with Crippen molar-refractivity contribution in [2.75, 3.05) is 23.9 Å². The minimum Gasteiger partial charge on any atom is -0.495 e. The average molecular weight is 393 g/mol. The number of nitrogens with zero attached hydrogens (tertiary/aromatic N) is 1. The minimum absolute atomic E-state index is 0.119. The summed E-state index contributed by atoms with van der Waals surface area (Å²) in [5.74, 6) is -0.270. The number of hydrogen-bond donors (Lipinski definition) is 1. The number of nitrogens with one attached hydrogen (secondary N) is 1. The van der Waals surface area contributed by atoms with Gasteiger partial charge in [-0.3, -0.25) is 9.59 Å². The lowest BCUT2D eigenvalue weighted by Gasteiger charge is -2.20. The monoisotopic (exact) mass is 392 g/mol. The molecule has 5 nitrogen and oxygen atoms in total. The van der Waals surface area contributed by atoms with Crippen molar-refractivity contribution in [1.82, 2.24) is 0 Å². The molecule has 1 heterocycles. The number of hydrogen-bond acceptors (Lipinski definition) is 3. The van der Waals surface area contributed by atoms with Gasteiger partial charge in [-0.25, -0.2) is 0 Å². The zero-order valence-electron chi connectivity index (χ0n) is 14.4. The van der Waals surface area contributed by atoms with E-state index in [1.165, 1.54) is 0 Å². The number of anilines is 2. The first kappa shape index (κ1) is 18.5. The third-order valence-corrected chi connectivity index (χ3v) is 5.15. The van der Waals surface area contributed by atoms with E-state index in [0.29, 0.717) is 22.1 Å². The molecule has 0 bridgehead atoms. The summed E-state index contributed by atoms with van der Waals surface area (Å²) in [4.78, 5) is 26.7. The van der Waals surface area contributed by atoms with Crippen LogP contribution in [0.1, 0.15) is 12.0 Å². The summed E-state index contributed by atoms with van der Waals surface area (Å²) in [6.07, 6.45) is 0.126. The molecule has 26 heavy (non-hydrogen) atoms. The summed E-state index contributed by atoms with van der Waals surface area (Å²) in [6, 6.07) is 10.6. The summed E-state index contributed by atoms with van der Waals surface area (Å²) in [7, 11) is 1.56. The van der Waals surface area contributed by atoms with Gasteiger partial charge in [-0.1, -0.05) is 35.3 Å². The lowest BCUT2D eigenvalue weighted by atomic mass is 10.1. The van der Waals surface area contributed by atoms with E-state index in [9.17, 15) is 9.59 Å². The second-order valence-corrected chi connectivity index (χ2v) is 6.96. The number of amides is 2. The molecule has 1 unspecified atom stereocenters. The SMILES string of the molecule is COc1ccc(C)cc1N1CC(C(=O)Nc2cccc(Cl)c2Cl)CC1=O. The smallest absolute Gasteiger partial charge is 0.229 e. The van der Waals surface area contributed by atoms with Crippen molar-refractivity contribution in [3.05, 3.63) is 52.0 Å². The normalized spacial score (nSPS) is 16.7. The van der Waals surface area contributed by atoms with Gasteiger partial charge in [0, 0.05) is 13.0 Å². The van der Waals surface area contributed by atoms with Gasteiger partial charge < -0.3 is 15.0 Å². The van der Waals surface area contributed by atoms with Gasteiger partial charge in [0.25, 0.3) is 0 Å². The third kappa shape index (κ3) is 3.64. The highest BCUT2D eigenvalue weighted by molar-refractivity contribution is 6.44. The molecular formula is C19H18Cl2N2O3. The Labute approximate surface area is 161 Å². The third-order valence-electron chi connectivity index (χ3n) is 4.33. The fourth-order valence-electron chi connectivity index (χ4n) is 2.96. The van der Waals surface area contributed by atoms with Crippen LogP contribution in [0.2, 0.25) is 10.0 Å². The van der Waals surface area contributed by atoms with Crippen molar-refractivity contribution >= 4 is 46.4 Å². The maximum absolute atomic E-state index is 12.6. The number of aryl methyl sites for hydroxylation is 1. The first-order valence-electron chi connectivity index (χ1n) is 8.10. The molecule has 1 atom stereocenters. The molecule has 2 aromatic carbocycles. The average Bonchev–Trinajstić information content (AvgIpc) is 3.00. The van der Waals surface area contributed by atoms with Crippen molar-refractivity contribution in [2.45, 2.75) is 13.3 Å². The maximum Gasteiger partial charge on any atom is 0.229 e. The Bertz CT molecular complexity index is 870. The molecule has 7 heteroatoms. The zero-order valence-corrected chi connectivity index (χ0v) is 15.9. The molecule has 3 rings (SSSR count). The van der Waals surface area contributed by atoms with E-state index >= 15 is 0 Å². The second-order valence-electron chi connectivity index (χ2n) is 6.17. The van der Waals surface area contributed by atoms with E-state index < -0.39 is 5.92 Å². The van der Waals surface area contributed by atoms with Crippen LogP contribution in [-0.4, -0.2) is 25.5 Å². The van der Waals surface area contributed by atoms with Crippen molar-refractivity contribution in [2.24, 2.45) is 5.92 Å². The van der Waals surface area contributed by atoms with Crippen LogP contribution in [0.25, 0.3) is 0 Å². The summed E-state index contributed by atoms with van der Waals surface area (Å²) in [6.45, 7) is 2.22. The Morgan fingerprint density at radius 3 is 2.77 bits per heavy atom. The highest BCUT2D eigenvalue weighted by Gasteiger charge is 2.36. The molecule has 2 aromatic rings. The number of ether oxygens (including phenoxy) is 1. The fourth-order valence-corrected chi connectivity index (χ4v) is 3.31. The van der Waals surface area contributed by atoms with Crippen LogP contribution in [0.5, 0.6) is 5.75 Å². The number of halogens is 2. The highest BCUT2D eigenvalue weighted by atomic mass is 35.5. The van der Waals surface area contributed by atoms with E-state index in [2.05, 4.69) is 5.32 Å². The number of carbonyl (C=O) groups is 2. The highest BCUT2D eigenvalue weighted by Crippen LogP contribution is 2.35. The molecule has 0 aliphatic carbocycles.